The highest BCUT2D eigenvalue weighted by Crippen LogP contribution is 2.25. The van der Waals surface area contributed by atoms with Crippen molar-refractivity contribution in [3.05, 3.63) is 84.3 Å². The topological polar surface area (TPSA) is 60.5 Å². The Kier molecular flexibility index (Phi) is 7.07. The number of imidazole rings is 1. The van der Waals surface area contributed by atoms with Gasteiger partial charge < -0.3 is 18.6 Å². The molecule has 0 bridgehead atoms. The van der Waals surface area contributed by atoms with Gasteiger partial charge in [-0.25, -0.2) is 4.98 Å². The van der Waals surface area contributed by atoms with Crippen molar-refractivity contribution in [2.45, 2.75) is 24.8 Å². The van der Waals surface area contributed by atoms with Gasteiger partial charge in [0.25, 0.3) is 0 Å². The molecule has 31 heavy (non-hydrogen) atoms. The van der Waals surface area contributed by atoms with Gasteiger partial charge in [0.1, 0.15) is 5.76 Å². The first-order chi connectivity index (χ1) is 15.2. The number of hydrogen-bond donors (Lipinski definition) is 0. The Morgan fingerprint density at radius 3 is 2.65 bits per heavy atom. The minimum Gasteiger partial charge on any atom is -0.467 e. The lowest BCUT2D eigenvalue weighted by Crippen LogP contribution is -2.31. The second kappa shape index (κ2) is 10.3. The number of furan rings is 1. The summed E-state index contributed by atoms with van der Waals surface area (Å²) in [5.41, 5.74) is 3.05. The average molecular weight is 436 g/mol. The highest BCUT2D eigenvalue weighted by atomic mass is 32.2. The lowest BCUT2D eigenvalue weighted by molar-refractivity contribution is -0.129. The SMILES string of the molecule is COCCn1c(SCC(=O)N(Cc2ccccc2)Cc2ccco2)nc2ccccc21. The van der Waals surface area contributed by atoms with E-state index in [4.69, 9.17) is 14.1 Å². The number of thioether (sulfide) groups is 1. The van der Waals surface area contributed by atoms with Gasteiger partial charge in [0.15, 0.2) is 5.16 Å². The number of para-hydroxylation sites is 2. The summed E-state index contributed by atoms with van der Waals surface area (Å²) in [5.74, 6) is 1.10. The molecule has 4 rings (SSSR count). The Labute approximate surface area is 185 Å². The molecule has 160 valence electrons. The lowest BCUT2D eigenvalue weighted by atomic mass is 10.2. The van der Waals surface area contributed by atoms with Crippen LogP contribution < -0.4 is 0 Å². The molecular weight excluding hydrogens is 410 g/mol. The van der Waals surface area contributed by atoms with E-state index in [-0.39, 0.29) is 5.91 Å². The minimum absolute atomic E-state index is 0.0376. The summed E-state index contributed by atoms with van der Waals surface area (Å²) in [5, 5.41) is 0.823. The van der Waals surface area contributed by atoms with Crippen LogP contribution in [0.15, 0.2) is 82.6 Å². The van der Waals surface area contributed by atoms with Crippen LogP contribution in [0.25, 0.3) is 11.0 Å². The Balaban J connectivity index is 1.50. The van der Waals surface area contributed by atoms with Crippen LogP contribution in [0.4, 0.5) is 0 Å². The van der Waals surface area contributed by atoms with Crippen molar-refractivity contribution in [1.82, 2.24) is 14.5 Å². The maximum Gasteiger partial charge on any atom is 0.233 e. The number of hydrogen-bond acceptors (Lipinski definition) is 5. The Bertz CT molecular complexity index is 1110. The summed E-state index contributed by atoms with van der Waals surface area (Å²) in [7, 11) is 1.69. The maximum atomic E-state index is 13.2. The summed E-state index contributed by atoms with van der Waals surface area (Å²) >= 11 is 1.46. The molecule has 0 saturated carbocycles. The van der Waals surface area contributed by atoms with E-state index in [1.54, 1.807) is 13.4 Å². The number of rotatable bonds is 10. The molecule has 0 aliphatic heterocycles. The Morgan fingerprint density at radius 1 is 1.06 bits per heavy atom. The highest BCUT2D eigenvalue weighted by molar-refractivity contribution is 7.99. The third-order valence-corrected chi connectivity index (χ3v) is 5.92. The van der Waals surface area contributed by atoms with Crippen molar-refractivity contribution in [2.75, 3.05) is 19.5 Å². The number of methoxy groups -OCH3 is 1. The van der Waals surface area contributed by atoms with Crippen LogP contribution in [0.2, 0.25) is 0 Å². The summed E-state index contributed by atoms with van der Waals surface area (Å²) in [4.78, 5) is 19.7. The summed E-state index contributed by atoms with van der Waals surface area (Å²) in [6, 6.07) is 21.7. The molecule has 4 aromatic rings. The van der Waals surface area contributed by atoms with Gasteiger partial charge in [-0.1, -0.05) is 54.2 Å². The van der Waals surface area contributed by atoms with E-state index in [9.17, 15) is 4.79 Å². The first-order valence-corrected chi connectivity index (χ1v) is 11.1. The van der Waals surface area contributed by atoms with E-state index in [1.165, 1.54) is 11.8 Å². The average Bonchev–Trinajstić information content (AvgIpc) is 3.44. The van der Waals surface area contributed by atoms with Crippen LogP contribution in [-0.2, 0) is 29.2 Å². The fourth-order valence-corrected chi connectivity index (χ4v) is 4.35. The molecule has 0 aliphatic carbocycles. The van der Waals surface area contributed by atoms with Crippen LogP contribution in [-0.4, -0.2) is 39.8 Å². The zero-order valence-corrected chi connectivity index (χ0v) is 18.3. The number of fused-ring (bicyclic) bond motifs is 1. The number of carbonyl (C=O) groups is 1. The molecule has 0 unspecified atom stereocenters. The van der Waals surface area contributed by atoms with E-state index in [1.807, 2.05) is 71.6 Å². The van der Waals surface area contributed by atoms with Gasteiger partial charge in [-0.3, -0.25) is 4.79 Å². The molecule has 0 saturated heterocycles. The summed E-state index contributed by atoms with van der Waals surface area (Å²) in [6.45, 7) is 2.23. The molecule has 2 heterocycles. The summed E-state index contributed by atoms with van der Waals surface area (Å²) in [6.07, 6.45) is 1.63. The maximum absolute atomic E-state index is 13.2. The smallest absolute Gasteiger partial charge is 0.233 e. The standard InChI is InChI=1S/C24H25N3O3S/c1-29-15-13-27-22-12-6-5-11-21(22)25-24(27)31-18-23(28)26(17-20-10-7-14-30-20)16-19-8-3-2-4-9-19/h2-12,14H,13,15-18H2,1H3. The number of nitrogens with zero attached hydrogens (tertiary/aromatic N) is 3. The number of amides is 1. The molecule has 7 heteroatoms. The minimum atomic E-state index is 0.0376. The van der Waals surface area contributed by atoms with Gasteiger partial charge in [0.2, 0.25) is 5.91 Å². The summed E-state index contributed by atoms with van der Waals surface area (Å²) < 4.78 is 12.9. The number of carbonyl (C=O) groups excluding carboxylic acids is 1. The zero-order valence-electron chi connectivity index (χ0n) is 17.4. The number of benzene rings is 2. The zero-order chi connectivity index (χ0) is 21.5. The van der Waals surface area contributed by atoms with Crippen molar-refractivity contribution >= 4 is 28.7 Å². The predicted octanol–water partition coefficient (Wildman–Crippen LogP) is 4.60. The van der Waals surface area contributed by atoms with Gasteiger partial charge in [-0.15, -0.1) is 0 Å². The van der Waals surface area contributed by atoms with E-state index in [0.29, 0.717) is 32.0 Å². The largest absolute Gasteiger partial charge is 0.467 e. The molecule has 0 spiro atoms. The van der Waals surface area contributed by atoms with Crippen molar-refractivity contribution in [2.24, 2.45) is 0 Å². The third-order valence-electron chi connectivity index (χ3n) is 4.96. The Morgan fingerprint density at radius 2 is 1.87 bits per heavy atom. The van der Waals surface area contributed by atoms with Gasteiger partial charge in [0.05, 0.1) is 36.2 Å². The normalized spacial score (nSPS) is 11.1. The van der Waals surface area contributed by atoms with Crippen molar-refractivity contribution in [3.63, 3.8) is 0 Å². The molecule has 1 amide bonds. The molecule has 0 fully saturated rings. The lowest BCUT2D eigenvalue weighted by Gasteiger charge is -2.22. The second-order valence-electron chi connectivity index (χ2n) is 7.13. The van der Waals surface area contributed by atoms with Crippen LogP contribution in [0.1, 0.15) is 11.3 Å². The Hall–Kier alpha value is -3.03. The van der Waals surface area contributed by atoms with Crippen LogP contribution in [0, 0.1) is 0 Å². The van der Waals surface area contributed by atoms with Crippen LogP contribution >= 0.6 is 11.8 Å². The first kappa shape index (κ1) is 21.2. The van der Waals surface area contributed by atoms with Gasteiger partial charge >= 0.3 is 0 Å². The van der Waals surface area contributed by atoms with Gasteiger partial charge in [0, 0.05) is 20.2 Å². The van der Waals surface area contributed by atoms with Crippen molar-refractivity contribution in [3.8, 4) is 0 Å². The van der Waals surface area contributed by atoms with Crippen molar-refractivity contribution < 1.29 is 13.9 Å². The second-order valence-corrected chi connectivity index (χ2v) is 8.07. The molecule has 0 aliphatic rings. The molecule has 2 aromatic heterocycles. The molecular formula is C24H25N3O3S. The van der Waals surface area contributed by atoms with E-state index in [2.05, 4.69) is 4.57 Å². The fourth-order valence-electron chi connectivity index (χ4n) is 3.41. The fraction of sp³-hybridized carbons (Fsp3) is 0.250. The van der Waals surface area contributed by atoms with Crippen molar-refractivity contribution in [1.29, 1.82) is 0 Å². The monoisotopic (exact) mass is 435 g/mol. The molecule has 2 aromatic carbocycles. The van der Waals surface area contributed by atoms with E-state index >= 15 is 0 Å². The quantitative estimate of drug-likeness (QED) is 0.341. The number of aromatic nitrogens is 2. The molecule has 0 N–H and O–H groups in total. The van der Waals surface area contributed by atoms with Crippen LogP contribution in [0.3, 0.4) is 0 Å². The van der Waals surface area contributed by atoms with E-state index < -0.39 is 0 Å². The molecule has 6 nitrogen and oxygen atoms in total. The third kappa shape index (κ3) is 5.37. The molecule has 0 atom stereocenters. The first-order valence-electron chi connectivity index (χ1n) is 10.2. The van der Waals surface area contributed by atoms with Gasteiger partial charge in [-0.2, -0.15) is 0 Å². The van der Waals surface area contributed by atoms with E-state index in [0.717, 1.165) is 27.5 Å². The van der Waals surface area contributed by atoms with Gasteiger partial charge in [-0.05, 0) is 29.8 Å². The predicted molar refractivity (Wildman–Crippen MR) is 122 cm³/mol. The molecule has 0 radical (unpaired) electrons. The highest BCUT2D eigenvalue weighted by Gasteiger charge is 2.19. The number of ether oxygens (including phenoxy) is 1. The van der Waals surface area contributed by atoms with Crippen LogP contribution in [0.5, 0.6) is 0 Å².